The van der Waals surface area contributed by atoms with E-state index in [2.05, 4.69) is 32.5 Å². The third kappa shape index (κ3) is 7.55. The van der Waals surface area contributed by atoms with E-state index in [4.69, 9.17) is 14.2 Å². The fraction of sp³-hybridized carbons (Fsp3) is 0.400. The summed E-state index contributed by atoms with van der Waals surface area (Å²) in [5, 5.41) is 5.96. The van der Waals surface area contributed by atoms with E-state index >= 15 is 4.39 Å². The highest BCUT2D eigenvalue weighted by molar-refractivity contribution is 6.13. The highest BCUT2D eigenvalue weighted by atomic mass is 19.1. The molecule has 1 saturated heterocycles. The number of carbonyl (C=O) groups is 2. The lowest BCUT2D eigenvalue weighted by atomic mass is 10.0. The lowest BCUT2D eigenvalue weighted by Gasteiger charge is -2.32. The summed E-state index contributed by atoms with van der Waals surface area (Å²) < 4.78 is 46.3. The Balaban J connectivity index is 1.08. The van der Waals surface area contributed by atoms with Crippen molar-refractivity contribution in [2.75, 3.05) is 58.8 Å². The topological polar surface area (TPSA) is 105 Å². The summed E-state index contributed by atoms with van der Waals surface area (Å²) >= 11 is 0. The van der Waals surface area contributed by atoms with Gasteiger partial charge in [0.15, 0.2) is 23.1 Å². The molecule has 2 fully saturated rings. The minimum atomic E-state index is -1.25. The summed E-state index contributed by atoms with van der Waals surface area (Å²) in [6.45, 7) is 5.75. The minimum absolute atomic E-state index is 0.0558. The molecule has 1 unspecified atom stereocenters. The number of hydrogen-bond donors (Lipinski definition) is 2. The van der Waals surface area contributed by atoms with Crippen LogP contribution in [0.1, 0.15) is 25.7 Å². The van der Waals surface area contributed by atoms with E-state index in [1.54, 1.807) is 37.6 Å². The van der Waals surface area contributed by atoms with Crippen LogP contribution >= 0.6 is 0 Å². The van der Waals surface area contributed by atoms with Gasteiger partial charge in [0.25, 0.3) is 0 Å². The van der Waals surface area contributed by atoms with Gasteiger partial charge in [0.2, 0.25) is 11.8 Å². The van der Waals surface area contributed by atoms with Crippen molar-refractivity contribution in [3.05, 3.63) is 72.3 Å². The number of aromatic nitrogens is 1. The summed E-state index contributed by atoms with van der Waals surface area (Å²) in [4.78, 5) is 35.2. The first-order chi connectivity index (χ1) is 22.7. The zero-order chi connectivity index (χ0) is 33.0. The van der Waals surface area contributed by atoms with Gasteiger partial charge in [0.1, 0.15) is 17.3 Å². The average Bonchev–Trinajstić information content (AvgIpc) is 3.89. The molecule has 2 amide bonds. The molecule has 47 heavy (non-hydrogen) atoms. The quantitative estimate of drug-likeness (QED) is 0.204. The van der Waals surface area contributed by atoms with Gasteiger partial charge in [-0.3, -0.25) is 14.6 Å². The smallest absolute Gasteiger partial charge is 0.240 e. The van der Waals surface area contributed by atoms with Crippen LogP contribution in [0.4, 0.5) is 14.5 Å². The number of amides is 2. The maximum absolute atomic E-state index is 15.3. The fourth-order valence-corrected chi connectivity index (χ4v) is 5.68. The molecular weight excluding hydrogens is 608 g/mol. The first-order valence-electron chi connectivity index (χ1n) is 15.9. The largest absolute Gasteiger partial charge is 0.493 e. The number of nitrogens with zero attached hydrogens (tertiary/aromatic N) is 3. The van der Waals surface area contributed by atoms with Gasteiger partial charge in [0, 0.05) is 74.2 Å². The third-order valence-corrected chi connectivity index (χ3v) is 8.79. The Hall–Kier alpha value is -4.55. The molecule has 248 valence electrons. The van der Waals surface area contributed by atoms with Crippen molar-refractivity contribution >= 4 is 28.4 Å². The van der Waals surface area contributed by atoms with E-state index < -0.39 is 29.2 Å². The molecular formula is C35H39F2N5O5. The Kier molecular flexibility index (Phi) is 9.69. The van der Waals surface area contributed by atoms with Crippen LogP contribution in [-0.2, 0) is 9.59 Å². The van der Waals surface area contributed by atoms with Crippen LogP contribution in [0.2, 0.25) is 0 Å². The zero-order valence-corrected chi connectivity index (χ0v) is 26.6. The van der Waals surface area contributed by atoms with Crippen LogP contribution in [0.3, 0.4) is 0 Å². The minimum Gasteiger partial charge on any atom is -0.493 e. The molecule has 1 aromatic heterocycles. The number of anilines is 1. The van der Waals surface area contributed by atoms with Crippen LogP contribution in [0.15, 0.2) is 66.5 Å². The van der Waals surface area contributed by atoms with Crippen molar-refractivity contribution in [2.24, 2.45) is 5.41 Å². The summed E-state index contributed by atoms with van der Waals surface area (Å²) in [5.41, 5.74) is -0.0164. The van der Waals surface area contributed by atoms with Gasteiger partial charge in [0.05, 0.1) is 19.2 Å². The van der Waals surface area contributed by atoms with E-state index in [9.17, 15) is 14.0 Å². The second kappa shape index (κ2) is 14.1. The number of hydrogen-bond acceptors (Lipinski definition) is 8. The van der Waals surface area contributed by atoms with E-state index in [1.807, 2.05) is 0 Å². The van der Waals surface area contributed by atoms with Crippen LogP contribution in [0.25, 0.3) is 10.9 Å². The summed E-state index contributed by atoms with van der Waals surface area (Å²) in [6.07, 6.45) is 6.67. The number of allylic oxidation sites excluding steroid dienone is 3. The summed E-state index contributed by atoms with van der Waals surface area (Å²) in [6, 6.07) is 9.25. The number of nitrogens with one attached hydrogen (secondary N) is 2. The Morgan fingerprint density at radius 3 is 2.49 bits per heavy atom. The molecule has 2 N–H and O–H groups in total. The van der Waals surface area contributed by atoms with Crippen LogP contribution < -0.4 is 24.8 Å². The molecule has 0 radical (unpaired) electrons. The highest BCUT2D eigenvalue weighted by Gasteiger charge is 2.56. The normalized spacial score (nSPS) is 19.1. The number of likely N-dealkylation sites (N-methyl/N-ethyl adjacent to an activating group) is 1. The molecule has 1 saturated carbocycles. The van der Waals surface area contributed by atoms with Gasteiger partial charge in [-0.05, 0) is 62.7 Å². The lowest BCUT2D eigenvalue weighted by Crippen LogP contribution is -2.44. The molecule has 2 aliphatic carbocycles. The molecule has 2 heterocycles. The summed E-state index contributed by atoms with van der Waals surface area (Å²) in [5.74, 6) is -0.318. The molecule has 1 aliphatic heterocycles. The van der Waals surface area contributed by atoms with Crippen molar-refractivity contribution in [2.45, 2.75) is 31.9 Å². The SMILES string of the molecule is COc1cc2c(Oc3ccc(NC(=O)C4(C(=O)NC5=CCC(F)C=C5)CC4)cc3F)ccnc2cc1OCCCN1CCN(C)CC1. The van der Waals surface area contributed by atoms with Gasteiger partial charge in [-0.2, -0.15) is 0 Å². The van der Waals surface area contributed by atoms with Crippen molar-refractivity contribution in [3.8, 4) is 23.0 Å². The van der Waals surface area contributed by atoms with Crippen LogP contribution in [0, 0.1) is 11.2 Å². The third-order valence-electron chi connectivity index (χ3n) is 8.79. The summed E-state index contributed by atoms with van der Waals surface area (Å²) in [7, 11) is 3.70. The Bertz CT molecular complexity index is 1700. The Morgan fingerprint density at radius 1 is 1.00 bits per heavy atom. The number of benzene rings is 2. The molecule has 3 aromatic rings. The maximum atomic E-state index is 15.3. The number of carbonyl (C=O) groups excluding carboxylic acids is 2. The molecule has 2 aromatic carbocycles. The number of piperazine rings is 1. The fourth-order valence-electron chi connectivity index (χ4n) is 5.68. The number of pyridine rings is 1. The molecule has 3 aliphatic rings. The maximum Gasteiger partial charge on any atom is 0.240 e. The molecule has 6 rings (SSSR count). The first kappa shape index (κ1) is 32.4. The number of rotatable bonds is 12. The van der Waals surface area contributed by atoms with Crippen LogP contribution in [0.5, 0.6) is 23.0 Å². The predicted octanol–water partition coefficient (Wildman–Crippen LogP) is 5.21. The average molecular weight is 648 g/mol. The predicted molar refractivity (Wildman–Crippen MR) is 174 cm³/mol. The number of fused-ring (bicyclic) bond motifs is 1. The second-order valence-electron chi connectivity index (χ2n) is 12.2. The highest BCUT2D eigenvalue weighted by Crippen LogP contribution is 2.47. The van der Waals surface area contributed by atoms with Crippen molar-refractivity contribution < 1.29 is 32.6 Å². The number of ether oxygens (including phenoxy) is 3. The number of methoxy groups -OCH3 is 1. The lowest BCUT2D eigenvalue weighted by molar-refractivity contribution is -0.133. The van der Waals surface area contributed by atoms with Gasteiger partial charge >= 0.3 is 0 Å². The van der Waals surface area contributed by atoms with Crippen LogP contribution in [-0.4, -0.2) is 86.3 Å². The first-order valence-corrected chi connectivity index (χ1v) is 15.9. The molecule has 10 nitrogen and oxygen atoms in total. The van der Waals surface area contributed by atoms with Gasteiger partial charge < -0.3 is 34.6 Å². The molecule has 12 heteroatoms. The molecule has 0 spiro atoms. The van der Waals surface area contributed by atoms with Gasteiger partial charge in [-0.15, -0.1) is 0 Å². The van der Waals surface area contributed by atoms with Crippen molar-refractivity contribution in [1.29, 1.82) is 0 Å². The van der Waals surface area contributed by atoms with E-state index in [-0.39, 0.29) is 17.9 Å². The van der Waals surface area contributed by atoms with E-state index in [0.29, 0.717) is 53.3 Å². The van der Waals surface area contributed by atoms with Crippen molar-refractivity contribution in [1.82, 2.24) is 20.1 Å². The zero-order valence-electron chi connectivity index (χ0n) is 26.6. The van der Waals surface area contributed by atoms with Gasteiger partial charge in [-0.25, -0.2) is 8.78 Å². The second-order valence-corrected chi connectivity index (χ2v) is 12.2. The Morgan fingerprint density at radius 2 is 1.79 bits per heavy atom. The standard InChI is InChI=1S/C35H39F2N5O5/c1-41-15-17-42(18-16-41)14-3-19-46-32-22-28-26(21-31(32)45-2)29(10-13-38-28)47-30-9-8-25(20-27(30)37)40-34(44)35(11-12-35)33(43)39-24-6-4-23(36)5-7-24/h4,6-10,13,20-23H,3,5,11-12,14-19H2,1-2H3,(H,39,43)(H,40,44). The number of halogens is 2. The Labute approximate surface area is 272 Å². The number of alkyl halides is 1. The van der Waals surface area contributed by atoms with Gasteiger partial charge in [-0.1, -0.05) is 6.08 Å². The van der Waals surface area contributed by atoms with E-state index in [0.717, 1.165) is 45.2 Å². The monoisotopic (exact) mass is 647 g/mol. The van der Waals surface area contributed by atoms with Crippen molar-refractivity contribution in [3.63, 3.8) is 0 Å². The molecule has 1 atom stereocenters. The van der Waals surface area contributed by atoms with E-state index in [1.165, 1.54) is 24.3 Å². The molecule has 0 bridgehead atoms.